The van der Waals surface area contributed by atoms with Gasteiger partial charge in [-0.3, -0.25) is 9.20 Å². The summed E-state index contributed by atoms with van der Waals surface area (Å²) in [6.07, 6.45) is 3.55. The van der Waals surface area contributed by atoms with E-state index in [0.29, 0.717) is 35.6 Å². The highest BCUT2D eigenvalue weighted by atomic mass is 19.1. The van der Waals surface area contributed by atoms with Crippen molar-refractivity contribution in [2.75, 3.05) is 18.1 Å². The summed E-state index contributed by atoms with van der Waals surface area (Å²) in [4.78, 5) is 30.2. The van der Waals surface area contributed by atoms with Crippen LogP contribution in [0.1, 0.15) is 46.9 Å². The van der Waals surface area contributed by atoms with Gasteiger partial charge in [-0.15, -0.1) is 0 Å². The van der Waals surface area contributed by atoms with E-state index in [1.807, 2.05) is 4.90 Å². The highest BCUT2D eigenvalue weighted by molar-refractivity contribution is 5.86. The molecule has 4 heterocycles. The van der Waals surface area contributed by atoms with Crippen LogP contribution in [0.25, 0.3) is 5.52 Å². The number of carbonyl (C=O) groups is 1. The Kier molecular flexibility index (Phi) is 3.54. The number of halogens is 1. The van der Waals surface area contributed by atoms with Crippen molar-refractivity contribution in [1.29, 1.82) is 0 Å². The van der Waals surface area contributed by atoms with Crippen molar-refractivity contribution >= 4 is 17.2 Å². The van der Waals surface area contributed by atoms with Crippen molar-refractivity contribution in [3.05, 3.63) is 39.3 Å². The molecule has 1 aliphatic carbocycles. The molecular formula is C18H19FN4O4. The number of aromatic nitrogens is 2. The number of carboxylic acid groups (broad SMARTS) is 1. The molecule has 2 aromatic rings. The lowest BCUT2D eigenvalue weighted by Crippen LogP contribution is -2.42. The van der Waals surface area contributed by atoms with E-state index in [9.17, 15) is 14.7 Å². The highest BCUT2D eigenvalue weighted by Crippen LogP contribution is 2.44. The lowest BCUT2D eigenvalue weighted by Gasteiger charge is -2.28. The molecule has 2 aromatic heterocycles. The maximum atomic E-state index is 15.1. The van der Waals surface area contributed by atoms with E-state index >= 15 is 4.39 Å². The number of hydrogen-bond donors (Lipinski definition) is 2. The number of aromatic carboxylic acids is 1. The first-order valence-corrected chi connectivity index (χ1v) is 9.08. The van der Waals surface area contributed by atoms with Gasteiger partial charge in [0.25, 0.3) is 5.56 Å². The minimum atomic E-state index is -1.41. The number of ether oxygens (including phenoxy) is 1. The zero-order chi connectivity index (χ0) is 18.9. The van der Waals surface area contributed by atoms with Gasteiger partial charge in [0.1, 0.15) is 0 Å². The third-order valence-corrected chi connectivity index (χ3v) is 5.76. The van der Waals surface area contributed by atoms with Gasteiger partial charge in [-0.25, -0.2) is 14.2 Å². The molecule has 5 rings (SSSR count). The third kappa shape index (κ3) is 2.38. The van der Waals surface area contributed by atoms with Gasteiger partial charge < -0.3 is 20.5 Å². The van der Waals surface area contributed by atoms with Crippen molar-refractivity contribution < 1.29 is 19.0 Å². The normalized spacial score (nSPS) is 24.6. The minimum absolute atomic E-state index is 0.0770. The molecule has 0 spiro atoms. The Morgan fingerprint density at radius 3 is 2.85 bits per heavy atom. The monoisotopic (exact) mass is 374 g/mol. The molecule has 2 atom stereocenters. The van der Waals surface area contributed by atoms with E-state index in [4.69, 9.17) is 10.5 Å². The van der Waals surface area contributed by atoms with Crippen molar-refractivity contribution in [2.24, 2.45) is 5.73 Å². The molecule has 3 N–H and O–H groups in total. The molecule has 9 heteroatoms. The number of carboxylic acids is 1. The molecule has 0 bridgehead atoms. The van der Waals surface area contributed by atoms with Crippen LogP contribution in [0.2, 0.25) is 0 Å². The predicted octanol–water partition coefficient (Wildman–Crippen LogP) is 0.845. The molecule has 2 fully saturated rings. The maximum absolute atomic E-state index is 15.1. The summed E-state index contributed by atoms with van der Waals surface area (Å²) in [7, 11) is 0. The summed E-state index contributed by atoms with van der Waals surface area (Å²) in [5.41, 5.74) is 6.72. The SMILES string of the molecule is N[C@@H]1CCN2c3c(F)cn4c(=O)c(C(=O)O)nc(C5CC5)c4c3COCC12. The molecule has 3 aliphatic rings. The molecule has 142 valence electrons. The van der Waals surface area contributed by atoms with E-state index < -0.39 is 23.0 Å². The summed E-state index contributed by atoms with van der Waals surface area (Å²) in [6, 6.07) is -0.227. The number of hydrogen-bond acceptors (Lipinski definition) is 6. The van der Waals surface area contributed by atoms with Crippen LogP contribution in [0.4, 0.5) is 10.1 Å². The van der Waals surface area contributed by atoms with E-state index in [0.717, 1.165) is 29.9 Å². The number of fused-ring (bicyclic) bond motifs is 5. The van der Waals surface area contributed by atoms with Crippen LogP contribution in [-0.2, 0) is 11.3 Å². The summed E-state index contributed by atoms with van der Waals surface area (Å²) in [6.45, 7) is 1.12. The molecular weight excluding hydrogens is 355 g/mol. The second kappa shape index (κ2) is 5.74. The summed E-state index contributed by atoms with van der Waals surface area (Å²) < 4.78 is 22.0. The summed E-state index contributed by atoms with van der Waals surface area (Å²) in [5, 5.41) is 9.34. The van der Waals surface area contributed by atoms with Crippen LogP contribution in [0.3, 0.4) is 0 Å². The average molecular weight is 374 g/mol. The van der Waals surface area contributed by atoms with Gasteiger partial charge in [0.2, 0.25) is 5.69 Å². The van der Waals surface area contributed by atoms with Gasteiger partial charge in [-0.2, -0.15) is 0 Å². The van der Waals surface area contributed by atoms with Gasteiger partial charge in [0.05, 0.1) is 42.4 Å². The Balaban J connectivity index is 1.86. The molecule has 0 radical (unpaired) electrons. The third-order valence-electron chi connectivity index (χ3n) is 5.76. The fourth-order valence-electron chi connectivity index (χ4n) is 4.29. The van der Waals surface area contributed by atoms with Crippen molar-refractivity contribution in [1.82, 2.24) is 9.38 Å². The molecule has 2 aliphatic heterocycles. The molecule has 1 saturated heterocycles. The topological polar surface area (TPSA) is 110 Å². The average Bonchev–Trinajstić information content (AvgIpc) is 3.42. The highest BCUT2D eigenvalue weighted by Gasteiger charge is 2.39. The second-order valence-electron chi connectivity index (χ2n) is 7.48. The van der Waals surface area contributed by atoms with Crippen LogP contribution in [-0.4, -0.2) is 45.7 Å². The number of nitrogens with two attached hydrogens (primary N) is 1. The van der Waals surface area contributed by atoms with Gasteiger partial charge in [0, 0.05) is 24.1 Å². The van der Waals surface area contributed by atoms with Crippen LogP contribution >= 0.6 is 0 Å². The molecule has 1 unspecified atom stereocenters. The first-order valence-electron chi connectivity index (χ1n) is 9.08. The lowest BCUT2D eigenvalue weighted by molar-refractivity contribution is 0.0687. The fourth-order valence-corrected chi connectivity index (χ4v) is 4.29. The predicted molar refractivity (Wildman–Crippen MR) is 93.7 cm³/mol. The van der Waals surface area contributed by atoms with Crippen LogP contribution in [0, 0.1) is 5.82 Å². The van der Waals surface area contributed by atoms with Crippen molar-refractivity contribution in [2.45, 2.75) is 43.9 Å². The van der Waals surface area contributed by atoms with Gasteiger partial charge in [-0.05, 0) is 19.3 Å². The standard InChI is InChI=1S/C18H19FN4O4/c19-10-5-23-16(13(8-1-2-8)21-14(17(23)24)18(25)26)9-6-27-7-12-11(20)3-4-22(12)15(9)10/h5,8,11-12H,1-4,6-7,20H2,(H,25,26)/t11-,12?/m1/s1. The molecule has 27 heavy (non-hydrogen) atoms. The van der Waals surface area contributed by atoms with Gasteiger partial charge >= 0.3 is 5.97 Å². The van der Waals surface area contributed by atoms with Crippen LogP contribution in [0.15, 0.2) is 11.0 Å². The Bertz CT molecular complexity index is 1030. The van der Waals surface area contributed by atoms with Crippen LogP contribution in [0.5, 0.6) is 0 Å². The Morgan fingerprint density at radius 1 is 1.37 bits per heavy atom. The zero-order valence-corrected chi connectivity index (χ0v) is 14.5. The summed E-state index contributed by atoms with van der Waals surface area (Å²) >= 11 is 0. The van der Waals surface area contributed by atoms with E-state index in [2.05, 4.69) is 4.98 Å². The smallest absolute Gasteiger partial charge is 0.360 e. The molecule has 0 amide bonds. The first-order chi connectivity index (χ1) is 13.0. The van der Waals surface area contributed by atoms with E-state index in [-0.39, 0.29) is 24.6 Å². The molecule has 1 saturated carbocycles. The lowest BCUT2D eigenvalue weighted by atomic mass is 10.1. The van der Waals surface area contributed by atoms with E-state index in [1.165, 1.54) is 0 Å². The Hall–Kier alpha value is -2.52. The first kappa shape index (κ1) is 16.6. The number of rotatable bonds is 2. The van der Waals surface area contributed by atoms with Gasteiger partial charge in [0.15, 0.2) is 5.82 Å². The van der Waals surface area contributed by atoms with Crippen LogP contribution < -0.4 is 16.2 Å². The quantitative estimate of drug-likeness (QED) is 0.802. The fraction of sp³-hybridized carbons (Fsp3) is 0.500. The number of nitrogens with zero attached hydrogens (tertiary/aromatic N) is 3. The van der Waals surface area contributed by atoms with Crippen molar-refractivity contribution in [3.8, 4) is 0 Å². The Morgan fingerprint density at radius 2 is 2.15 bits per heavy atom. The van der Waals surface area contributed by atoms with E-state index in [1.54, 1.807) is 0 Å². The Labute approximate surface area is 153 Å². The molecule has 0 aromatic carbocycles. The number of pyridine rings is 1. The largest absolute Gasteiger partial charge is 0.476 e. The summed E-state index contributed by atoms with van der Waals surface area (Å²) in [5.74, 6) is -1.91. The number of anilines is 1. The van der Waals surface area contributed by atoms with Crippen molar-refractivity contribution in [3.63, 3.8) is 0 Å². The maximum Gasteiger partial charge on any atom is 0.360 e. The molecule has 8 nitrogen and oxygen atoms in total. The zero-order valence-electron chi connectivity index (χ0n) is 14.5. The minimum Gasteiger partial charge on any atom is -0.476 e. The van der Waals surface area contributed by atoms with Gasteiger partial charge in [-0.1, -0.05) is 0 Å². The second-order valence-corrected chi connectivity index (χ2v) is 7.48.